The van der Waals surface area contributed by atoms with Crippen LogP contribution in [0.25, 0.3) is 0 Å². The Bertz CT molecular complexity index is 441. The van der Waals surface area contributed by atoms with Gasteiger partial charge in [0.1, 0.15) is 0 Å². The van der Waals surface area contributed by atoms with E-state index in [0.29, 0.717) is 0 Å². The molecule has 17 heavy (non-hydrogen) atoms. The predicted molar refractivity (Wildman–Crippen MR) is 56.5 cm³/mol. The fourth-order valence-electron chi connectivity index (χ4n) is 1.42. The molecule has 0 heterocycles. The van der Waals surface area contributed by atoms with Crippen LogP contribution in [0, 0.1) is 6.92 Å². The highest BCUT2D eigenvalue weighted by Crippen LogP contribution is 2.35. The zero-order valence-electron chi connectivity index (χ0n) is 9.39. The number of halogens is 3. The molecule has 0 aliphatic rings. The zero-order chi connectivity index (χ0) is 13.2. The van der Waals surface area contributed by atoms with E-state index in [4.69, 9.17) is 5.73 Å². The van der Waals surface area contributed by atoms with E-state index in [0.717, 1.165) is 12.1 Å². The van der Waals surface area contributed by atoms with Crippen molar-refractivity contribution < 1.29 is 22.7 Å². The number of alkyl halides is 3. The highest BCUT2D eigenvalue weighted by Gasteiger charge is 2.33. The lowest BCUT2D eigenvalue weighted by Crippen LogP contribution is -2.14. The molecule has 2 N–H and O–H groups in total. The Hall–Kier alpha value is -1.72. The maximum atomic E-state index is 12.5. The van der Waals surface area contributed by atoms with Crippen LogP contribution in [-0.2, 0) is 10.9 Å². The van der Waals surface area contributed by atoms with Crippen molar-refractivity contribution in [2.45, 2.75) is 20.0 Å². The normalized spacial score (nSPS) is 11.4. The van der Waals surface area contributed by atoms with Crippen LogP contribution in [0.2, 0.25) is 0 Å². The number of carbonyl (C=O) groups is 1. The third-order valence-corrected chi connectivity index (χ3v) is 2.32. The number of ether oxygens (including phenoxy) is 1. The fourth-order valence-corrected chi connectivity index (χ4v) is 1.42. The van der Waals surface area contributed by atoms with Crippen molar-refractivity contribution in [2.24, 2.45) is 0 Å². The average molecular weight is 247 g/mol. The minimum atomic E-state index is -4.48. The minimum Gasteiger partial charge on any atom is -0.462 e. The highest BCUT2D eigenvalue weighted by atomic mass is 19.4. The van der Waals surface area contributed by atoms with E-state index in [9.17, 15) is 18.0 Å². The number of anilines is 1. The Morgan fingerprint density at radius 2 is 2.00 bits per heavy atom. The van der Waals surface area contributed by atoms with Gasteiger partial charge in [-0.15, -0.1) is 0 Å². The van der Waals surface area contributed by atoms with Crippen LogP contribution < -0.4 is 5.73 Å². The monoisotopic (exact) mass is 247 g/mol. The minimum absolute atomic E-state index is 0.0441. The molecule has 6 heteroatoms. The third kappa shape index (κ3) is 2.69. The maximum Gasteiger partial charge on any atom is 0.416 e. The molecule has 3 nitrogen and oxygen atoms in total. The van der Waals surface area contributed by atoms with Crippen molar-refractivity contribution in [1.29, 1.82) is 0 Å². The number of nitrogens with two attached hydrogens (primary N) is 1. The molecular weight excluding hydrogens is 235 g/mol. The van der Waals surface area contributed by atoms with Crippen molar-refractivity contribution in [3.63, 3.8) is 0 Å². The van der Waals surface area contributed by atoms with Crippen molar-refractivity contribution in [3.8, 4) is 0 Å². The second kappa shape index (κ2) is 4.65. The molecule has 0 aliphatic heterocycles. The summed E-state index contributed by atoms with van der Waals surface area (Å²) in [6, 6.07) is 1.86. The SMILES string of the molecule is CCOC(=O)c1ccc(C(F)(F)F)c(C)c1N. The molecule has 0 radical (unpaired) electrons. The molecule has 1 rings (SSSR count). The number of hydrogen-bond acceptors (Lipinski definition) is 3. The van der Waals surface area contributed by atoms with E-state index in [-0.39, 0.29) is 23.4 Å². The van der Waals surface area contributed by atoms with Crippen LogP contribution >= 0.6 is 0 Å². The van der Waals surface area contributed by atoms with Gasteiger partial charge in [-0.2, -0.15) is 13.2 Å². The average Bonchev–Trinajstić information content (AvgIpc) is 2.20. The van der Waals surface area contributed by atoms with Gasteiger partial charge in [0.2, 0.25) is 0 Å². The summed E-state index contributed by atoms with van der Waals surface area (Å²) in [5, 5.41) is 0. The Kier molecular flexibility index (Phi) is 3.65. The summed E-state index contributed by atoms with van der Waals surface area (Å²) in [6.45, 7) is 2.96. The van der Waals surface area contributed by atoms with E-state index in [2.05, 4.69) is 4.74 Å². The third-order valence-electron chi connectivity index (χ3n) is 2.32. The van der Waals surface area contributed by atoms with Crippen LogP contribution in [0.15, 0.2) is 12.1 Å². The molecule has 0 aliphatic carbocycles. The van der Waals surface area contributed by atoms with Crippen LogP contribution in [0.5, 0.6) is 0 Å². The molecule has 0 fully saturated rings. The lowest BCUT2D eigenvalue weighted by Gasteiger charge is -2.14. The quantitative estimate of drug-likeness (QED) is 0.645. The molecule has 0 spiro atoms. The summed E-state index contributed by atoms with van der Waals surface area (Å²) in [6.07, 6.45) is -4.48. The standard InChI is InChI=1S/C11H12F3NO2/c1-3-17-10(16)7-4-5-8(11(12,13)14)6(2)9(7)15/h4-5H,3,15H2,1-2H3. The number of carbonyl (C=O) groups excluding carboxylic acids is 1. The van der Waals surface area contributed by atoms with Crippen molar-refractivity contribution in [1.82, 2.24) is 0 Å². The van der Waals surface area contributed by atoms with Gasteiger partial charge in [0.15, 0.2) is 0 Å². The molecule has 0 saturated heterocycles. The summed E-state index contributed by atoms with van der Waals surface area (Å²) in [4.78, 5) is 11.4. The van der Waals surface area contributed by atoms with Crippen LogP contribution in [0.4, 0.5) is 18.9 Å². The zero-order valence-corrected chi connectivity index (χ0v) is 9.39. The topological polar surface area (TPSA) is 52.3 Å². The molecule has 0 bridgehead atoms. The number of nitrogen functional groups attached to an aromatic ring is 1. The van der Waals surface area contributed by atoms with E-state index >= 15 is 0 Å². The number of rotatable bonds is 2. The lowest BCUT2D eigenvalue weighted by molar-refractivity contribution is -0.138. The van der Waals surface area contributed by atoms with Crippen LogP contribution in [0.3, 0.4) is 0 Å². The number of benzene rings is 1. The van der Waals surface area contributed by atoms with Gasteiger partial charge in [0.25, 0.3) is 0 Å². The van der Waals surface area contributed by atoms with Gasteiger partial charge < -0.3 is 10.5 Å². The summed E-state index contributed by atoms with van der Waals surface area (Å²) < 4.78 is 42.3. The highest BCUT2D eigenvalue weighted by molar-refractivity contribution is 5.96. The van der Waals surface area contributed by atoms with Crippen LogP contribution in [-0.4, -0.2) is 12.6 Å². The van der Waals surface area contributed by atoms with E-state index < -0.39 is 17.7 Å². The molecule has 0 atom stereocenters. The Morgan fingerprint density at radius 3 is 2.47 bits per heavy atom. The van der Waals surface area contributed by atoms with Gasteiger partial charge in [-0.3, -0.25) is 0 Å². The van der Waals surface area contributed by atoms with Gasteiger partial charge in [0, 0.05) is 5.69 Å². The molecule has 1 aromatic carbocycles. The molecule has 0 unspecified atom stereocenters. The van der Waals surface area contributed by atoms with E-state index in [1.807, 2.05) is 0 Å². The van der Waals surface area contributed by atoms with Gasteiger partial charge in [0.05, 0.1) is 17.7 Å². The fraction of sp³-hybridized carbons (Fsp3) is 0.364. The first-order valence-corrected chi connectivity index (χ1v) is 4.92. The van der Waals surface area contributed by atoms with Crippen molar-refractivity contribution in [2.75, 3.05) is 12.3 Å². The first kappa shape index (κ1) is 13.3. The molecule has 0 amide bonds. The summed E-state index contributed by atoms with van der Waals surface area (Å²) in [5.74, 6) is -0.721. The molecule has 1 aromatic rings. The summed E-state index contributed by atoms with van der Waals surface area (Å²) in [7, 11) is 0. The van der Waals surface area contributed by atoms with Crippen molar-refractivity contribution in [3.05, 3.63) is 28.8 Å². The number of esters is 1. The Morgan fingerprint density at radius 1 is 1.41 bits per heavy atom. The lowest BCUT2D eigenvalue weighted by atomic mass is 10.0. The van der Waals surface area contributed by atoms with Crippen molar-refractivity contribution >= 4 is 11.7 Å². The van der Waals surface area contributed by atoms with E-state index in [1.54, 1.807) is 6.92 Å². The summed E-state index contributed by atoms with van der Waals surface area (Å²) >= 11 is 0. The second-order valence-electron chi connectivity index (χ2n) is 3.42. The first-order valence-electron chi connectivity index (χ1n) is 4.92. The number of hydrogen-bond donors (Lipinski definition) is 1. The molecule has 94 valence electrons. The molecular formula is C11H12F3NO2. The van der Waals surface area contributed by atoms with Gasteiger partial charge >= 0.3 is 12.1 Å². The summed E-state index contributed by atoms with van der Waals surface area (Å²) in [5.41, 5.74) is 4.26. The van der Waals surface area contributed by atoms with Gasteiger partial charge in [-0.1, -0.05) is 0 Å². The predicted octanol–water partition coefficient (Wildman–Crippen LogP) is 2.77. The van der Waals surface area contributed by atoms with Gasteiger partial charge in [-0.05, 0) is 31.5 Å². The molecule has 0 aromatic heterocycles. The molecule has 0 saturated carbocycles. The Labute approximate surface area is 96.4 Å². The van der Waals surface area contributed by atoms with E-state index in [1.165, 1.54) is 6.92 Å². The largest absolute Gasteiger partial charge is 0.462 e. The second-order valence-corrected chi connectivity index (χ2v) is 3.42. The van der Waals surface area contributed by atoms with Gasteiger partial charge in [-0.25, -0.2) is 4.79 Å². The maximum absolute atomic E-state index is 12.5. The van der Waals surface area contributed by atoms with Crippen LogP contribution in [0.1, 0.15) is 28.4 Å². The Balaban J connectivity index is 3.25. The smallest absolute Gasteiger partial charge is 0.416 e. The first-order chi connectivity index (χ1) is 7.79.